The van der Waals surface area contributed by atoms with Crippen molar-refractivity contribution in [3.8, 4) is 5.75 Å². The van der Waals surface area contributed by atoms with Crippen molar-refractivity contribution in [1.29, 1.82) is 0 Å². The average molecular weight is 572 g/mol. The van der Waals surface area contributed by atoms with Crippen molar-refractivity contribution in [3.05, 3.63) is 94.4 Å². The minimum atomic E-state index is -0.918. The van der Waals surface area contributed by atoms with E-state index in [0.29, 0.717) is 35.5 Å². The Labute approximate surface area is 242 Å². The lowest BCUT2D eigenvalue weighted by atomic mass is 9.87. The summed E-state index contributed by atoms with van der Waals surface area (Å²) in [6.45, 7) is 6.78. The van der Waals surface area contributed by atoms with E-state index in [0.717, 1.165) is 44.9 Å². The van der Waals surface area contributed by atoms with E-state index in [1.54, 1.807) is 20.0 Å². The summed E-state index contributed by atoms with van der Waals surface area (Å²) >= 11 is 7.99. The van der Waals surface area contributed by atoms with Gasteiger partial charge in [-0.1, -0.05) is 30.7 Å². The van der Waals surface area contributed by atoms with Crippen molar-refractivity contribution in [1.82, 2.24) is 14.5 Å². The van der Waals surface area contributed by atoms with E-state index >= 15 is 0 Å². The number of hydrogen-bond donors (Lipinski definition) is 1. The molecule has 3 aromatic heterocycles. The van der Waals surface area contributed by atoms with Gasteiger partial charge in [-0.25, -0.2) is 9.97 Å². The number of halogens is 1. The Morgan fingerprint density at radius 2 is 1.95 bits per heavy atom. The van der Waals surface area contributed by atoms with Crippen LogP contribution >= 0.6 is 23.4 Å². The van der Waals surface area contributed by atoms with Crippen LogP contribution in [0.1, 0.15) is 43.3 Å². The van der Waals surface area contributed by atoms with Gasteiger partial charge in [0, 0.05) is 56.4 Å². The van der Waals surface area contributed by atoms with Crippen molar-refractivity contribution in [2.75, 3.05) is 0 Å². The summed E-state index contributed by atoms with van der Waals surface area (Å²) in [4.78, 5) is 22.4. The number of pyridine rings is 2. The summed E-state index contributed by atoms with van der Waals surface area (Å²) in [6, 6.07) is 19.9. The molecule has 0 spiro atoms. The summed E-state index contributed by atoms with van der Waals surface area (Å²) in [5.41, 5.74) is 5.03. The lowest BCUT2D eigenvalue weighted by Crippen LogP contribution is -2.28. The van der Waals surface area contributed by atoms with E-state index in [2.05, 4.69) is 27.5 Å². The highest BCUT2D eigenvalue weighted by molar-refractivity contribution is 8.00. The molecular formula is C32H30ClN3O3S. The van der Waals surface area contributed by atoms with Crippen LogP contribution in [-0.4, -0.2) is 30.9 Å². The molecule has 0 aliphatic carbocycles. The maximum absolute atomic E-state index is 12.2. The number of carbonyl (C=O) groups is 1. The summed E-state index contributed by atoms with van der Waals surface area (Å²) in [5.74, 6) is 0.0370. The SMILES string of the molecule is CC1Cc2c(OCc3ccc4cccnc4n3)ccc3c2c(c(CC(C)(C)C(=O)O)n3Cc2ccc(Cl)cc2)S1. The highest BCUT2D eigenvalue weighted by Gasteiger charge is 2.34. The Bertz CT molecular complexity index is 1750. The van der Waals surface area contributed by atoms with E-state index < -0.39 is 11.4 Å². The summed E-state index contributed by atoms with van der Waals surface area (Å²) in [5, 5.41) is 13.2. The Morgan fingerprint density at radius 1 is 1.15 bits per heavy atom. The van der Waals surface area contributed by atoms with Crippen LogP contribution in [0.15, 0.2) is 71.8 Å². The minimum Gasteiger partial charge on any atom is -0.487 e. The van der Waals surface area contributed by atoms with Crippen molar-refractivity contribution in [2.24, 2.45) is 5.41 Å². The Morgan fingerprint density at radius 3 is 2.73 bits per heavy atom. The molecule has 0 radical (unpaired) electrons. The fourth-order valence-electron chi connectivity index (χ4n) is 5.35. The summed E-state index contributed by atoms with van der Waals surface area (Å²) in [6.07, 6.45) is 3.03. The van der Waals surface area contributed by atoms with Crippen molar-refractivity contribution < 1.29 is 14.6 Å². The normalized spacial score (nSPS) is 15.1. The molecule has 1 aliphatic heterocycles. The van der Waals surface area contributed by atoms with Crippen LogP contribution in [0.4, 0.5) is 0 Å². The van der Waals surface area contributed by atoms with E-state index in [9.17, 15) is 9.90 Å². The van der Waals surface area contributed by atoms with Gasteiger partial charge in [-0.3, -0.25) is 4.79 Å². The number of ether oxygens (including phenoxy) is 1. The maximum Gasteiger partial charge on any atom is 0.309 e. The largest absolute Gasteiger partial charge is 0.487 e. The first-order chi connectivity index (χ1) is 19.2. The molecule has 40 heavy (non-hydrogen) atoms. The molecule has 5 aromatic rings. The number of carboxylic acids is 1. The number of nitrogens with zero attached hydrogens (tertiary/aromatic N) is 3. The van der Waals surface area contributed by atoms with Gasteiger partial charge in [0.15, 0.2) is 5.65 Å². The third-order valence-corrected chi connectivity index (χ3v) is 9.00. The van der Waals surface area contributed by atoms with Crippen molar-refractivity contribution >= 4 is 51.3 Å². The van der Waals surface area contributed by atoms with Crippen LogP contribution in [0, 0.1) is 5.41 Å². The predicted octanol–water partition coefficient (Wildman–Crippen LogP) is 7.56. The number of rotatable bonds is 8. The molecule has 0 fully saturated rings. The monoisotopic (exact) mass is 571 g/mol. The number of thioether (sulfide) groups is 1. The molecule has 6 nitrogen and oxygen atoms in total. The van der Waals surface area contributed by atoms with Gasteiger partial charge in [0.25, 0.3) is 0 Å². The molecule has 0 saturated heterocycles. The first-order valence-corrected chi connectivity index (χ1v) is 14.6. The highest BCUT2D eigenvalue weighted by atomic mass is 35.5. The number of benzene rings is 2. The second-order valence-electron chi connectivity index (χ2n) is 11.1. The van der Waals surface area contributed by atoms with Crippen LogP contribution in [0.2, 0.25) is 5.02 Å². The van der Waals surface area contributed by atoms with Gasteiger partial charge in [-0.05, 0) is 74.4 Å². The first kappa shape index (κ1) is 26.7. The second-order valence-corrected chi connectivity index (χ2v) is 12.9. The number of aromatic nitrogens is 3. The lowest BCUT2D eigenvalue weighted by Gasteiger charge is -2.24. The lowest BCUT2D eigenvalue weighted by molar-refractivity contribution is -0.146. The number of fused-ring (bicyclic) bond motifs is 1. The van der Waals surface area contributed by atoms with E-state index in [1.165, 1.54) is 10.9 Å². The molecular weight excluding hydrogens is 542 g/mol. The number of aliphatic carboxylic acids is 1. The molecule has 1 unspecified atom stereocenters. The third kappa shape index (κ3) is 5.04. The van der Waals surface area contributed by atoms with Gasteiger partial charge in [0.1, 0.15) is 12.4 Å². The van der Waals surface area contributed by atoms with Gasteiger partial charge < -0.3 is 14.4 Å². The Hall–Kier alpha value is -3.55. The van der Waals surface area contributed by atoms with Crippen LogP contribution in [0.5, 0.6) is 5.75 Å². The van der Waals surface area contributed by atoms with Crippen molar-refractivity contribution in [2.45, 2.75) is 56.9 Å². The van der Waals surface area contributed by atoms with Gasteiger partial charge >= 0.3 is 5.97 Å². The van der Waals surface area contributed by atoms with Crippen LogP contribution in [0.3, 0.4) is 0 Å². The van der Waals surface area contributed by atoms with Crippen LogP contribution in [0.25, 0.3) is 21.9 Å². The van der Waals surface area contributed by atoms with E-state index in [4.69, 9.17) is 16.3 Å². The molecule has 1 N–H and O–H groups in total. The van der Waals surface area contributed by atoms with Gasteiger partial charge in [-0.2, -0.15) is 0 Å². The standard InChI is InChI=1S/C32H30ClN3O3S/c1-19-15-24-27(39-18-23-11-8-21-5-4-14-34-30(21)35-23)13-12-25-28(24)29(40-19)26(16-32(2,3)31(37)38)36(25)17-20-6-9-22(33)10-7-20/h4-14,19H,15-18H2,1-3H3,(H,37,38). The molecule has 6 rings (SSSR count). The average Bonchev–Trinajstić information content (AvgIpc) is 3.21. The fourth-order valence-corrected chi connectivity index (χ4v) is 6.79. The van der Waals surface area contributed by atoms with Gasteiger partial charge in [-0.15, -0.1) is 11.8 Å². The molecule has 1 atom stereocenters. The van der Waals surface area contributed by atoms with E-state index in [-0.39, 0.29) is 0 Å². The summed E-state index contributed by atoms with van der Waals surface area (Å²) in [7, 11) is 0. The zero-order chi connectivity index (χ0) is 28.0. The number of carboxylic acid groups (broad SMARTS) is 1. The van der Waals surface area contributed by atoms with Crippen LogP contribution in [-0.2, 0) is 30.8 Å². The first-order valence-electron chi connectivity index (χ1n) is 13.3. The molecule has 4 heterocycles. The molecule has 2 aromatic carbocycles. The maximum atomic E-state index is 12.2. The quantitative estimate of drug-likeness (QED) is 0.207. The molecule has 8 heteroatoms. The number of hydrogen-bond acceptors (Lipinski definition) is 5. The second kappa shape index (κ2) is 10.5. The minimum absolute atomic E-state index is 0.321. The summed E-state index contributed by atoms with van der Waals surface area (Å²) < 4.78 is 8.70. The smallest absolute Gasteiger partial charge is 0.309 e. The predicted molar refractivity (Wildman–Crippen MR) is 161 cm³/mol. The Balaban J connectivity index is 1.44. The van der Waals surface area contributed by atoms with Gasteiger partial charge in [0.2, 0.25) is 0 Å². The topological polar surface area (TPSA) is 77.2 Å². The third-order valence-electron chi connectivity index (χ3n) is 7.50. The zero-order valence-corrected chi connectivity index (χ0v) is 24.2. The molecule has 0 amide bonds. The van der Waals surface area contributed by atoms with Crippen molar-refractivity contribution in [3.63, 3.8) is 0 Å². The zero-order valence-electron chi connectivity index (χ0n) is 22.6. The molecule has 0 saturated carbocycles. The highest BCUT2D eigenvalue weighted by Crippen LogP contribution is 2.48. The fraction of sp³-hybridized carbons (Fsp3) is 0.281. The van der Waals surface area contributed by atoms with E-state index in [1.807, 2.05) is 66.4 Å². The Kier molecular flexibility index (Phi) is 6.97. The van der Waals surface area contributed by atoms with Gasteiger partial charge in [0.05, 0.1) is 16.6 Å². The van der Waals surface area contributed by atoms with Crippen LogP contribution < -0.4 is 4.74 Å². The molecule has 0 bridgehead atoms. The molecule has 1 aliphatic rings. The molecule has 204 valence electrons.